The highest BCUT2D eigenvalue weighted by Crippen LogP contribution is 2.49. The Balaban J connectivity index is 1.76. The van der Waals surface area contributed by atoms with Crippen molar-refractivity contribution in [3.8, 4) is 28.7 Å². The van der Waals surface area contributed by atoms with E-state index in [0.717, 1.165) is 12.0 Å². The number of Topliss-reactive ketones (excluding diaryl/α,β-unsaturated/α-hetero) is 1. The molecule has 0 saturated carbocycles. The summed E-state index contributed by atoms with van der Waals surface area (Å²) >= 11 is 0. The summed E-state index contributed by atoms with van der Waals surface area (Å²) in [7, 11) is 4.59. The molecule has 0 aliphatic carbocycles. The highest BCUT2D eigenvalue weighted by atomic mass is 16.5. The molecule has 32 heavy (non-hydrogen) atoms. The second-order valence-electron chi connectivity index (χ2n) is 8.26. The Morgan fingerprint density at radius 3 is 2.31 bits per heavy atom. The van der Waals surface area contributed by atoms with E-state index < -0.39 is 0 Å². The van der Waals surface area contributed by atoms with E-state index in [4.69, 9.17) is 23.7 Å². The van der Waals surface area contributed by atoms with E-state index in [1.165, 1.54) is 21.3 Å². The molecule has 168 valence electrons. The number of hydrogen-bond acceptors (Lipinski definition) is 7. The van der Waals surface area contributed by atoms with Crippen molar-refractivity contribution in [2.45, 2.75) is 32.6 Å². The summed E-state index contributed by atoms with van der Waals surface area (Å²) in [5.74, 6) is 2.37. The van der Waals surface area contributed by atoms with Gasteiger partial charge in [0.05, 0.1) is 33.3 Å². The van der Waals surface area contributed by atoms with Gasteiger partial charge in [-0.05, 0) is 48.2 Å². The third-order valence-corrected chi connectivity index (χ3v) is 5.62. The number of esters is 1. The number of methoxy groups -OCH3 is 3. The third kappa shape index (κ3) is 3.79. The molecule has 0 saturated heterocycles. The van der Waals surface area contributed by atoms with Gasteiger partial charge in [0, 0.05) is 11.5 Å². The average Bonchev–Trinajstić information content (AvgIpc) is 3.07. The minimum Gasteiger partial charge on any atom is -0.493 e. The van der Waals surface area contributed by atoms with E-state index in [1.807, 2.05) is 0 Å². The Kier molecular flexibility index (Phi) is 5.82. The number of benzene rings is 2. The second kappa shape index (κ2) is 8.57. The fourth-order valence-electron chi connectivity index (χ4n) is 4.30. The first kappa shape index (κ1) is 21.7. The monoisotopic (exact) mass is 438 g/mol. The van der Waals surface area contributed by atoms with Crippen molar-refractivity contribution in [3.63, 3.8) is 0 Å². The minimum absolute atomic E-state index is 0.0606. The van der Waals surface area contributed by atoms with Crippen molar-refractivity contribution in [3.05, 3.63) is 46.7 Å². The zero-order valence-corrected chi connectivity index (χ0v) is 18.8. The third-order valence-electron chi connectivity index (χ3n) is 5.62. The standard InChI is InChI=1S/C25H26O7/c1-13(2)8-15-12-21(26)31-17-7-6-16-23(27)18(32-24(16)22(15)17)9-14-10-19(28-3)25(30-5)20(11-14)29-4/h6-7,9-11,13,15H,8,12H2,1-5H3. The van der Waals surface area contributed by atoms with Crippen molar-refractivity contribution in [2.24, 2.45) is 5.92 Å². The number of ketones is 1. The Hall–Kier alpha value is -3.48. The summed E-state index contributed by atoms with van der Waals surface area (Å²) in [5, 5.41) is 0. The lowest BCUT2D eigenvalue weighted by molar-refractivity contribution is -0.136. The molecule has 1 atom stereocenters. The Labute approximate surface area is 186 Å². The quantitative estimate of drug-likeness (QED) is 0.365. The highest BCUT2D eigenvalue weighted by Gasteiger charge is 2.38. The Morgan fingerprint density at radius 2 is 1.72 bits per heavy atom. The molecule has 2 heterocycles. The summed E-state index contributed by atoms with van der Waals surface area (Å²) in [4.78, 5) is 25.2. The van der Waals surface area contributed by atoms with Gasteiger partial charge < -0.3 is 23.7 Å². The van der Waals surface area contributed by atoms with Gasteiger partial charge in [-0.3, -0.25) is 9.59 Å². The van der Waals surface area contributed by atoms with Crippen molar-refractivity contribution >= 4 is 17.8 Å². The molecule has 2 aliphatic rings. The summed E-state index contributed by atoms with van der Waals surface area (Å²) in [6.07, 6.45) is 2.71. The smallest absolute Gasteiger partial charge is 0.311 e. The van der Waals surface area contributed by atoms with Crippen LogP contribution in [-0.4, -0.2) is 33.1 Å². The van der Waals surface area contributed by atoms with Gasteiger partial charge in [-0.25, -0.2) is 0 Å². The molecule has 4 rings (SSSR count). The molecule has 0 aromatic heterocycles. The van der Waals surface area contributed by atoms with Gasteiger partial charge in [0.2, 0.25) is 11.5 Å². The molecule has 2 aliphatic heterocycles. The first-order chi connectivity index (χ1) is 15.4. The number of rotatable bonds is 6. The van der Waals surface area contributed by atoms with E-state index >= 15 is 0 Å². The van der Waals surface area contributed by atoms with Gasteiger partial charge in [0.15, 0.2) is 17.3 Å². The molecule has 0 spiro atoms. The molecule has 0 fully saturated rings. The van der Waals surface area contributed by atoms with Crippen molar-refractivity contribution in [2.75, 3.05) is 21.3 Å². The lowest BCUT2D eigenvalue weighted by Crippen LogP contribution is -2.21. The summed E-state index contributed by atoms with van der Waals surface area (Å²) in [6, 6.07) is 6.82. The maximum Gasteiger partial charge on any atom is 0.311 e. The lowest BCUT2D eigenvalue weighted by Gasteiger charge is -2.27. The minimum atomic E-state index is -0.263. The van der Waals surface area contributed by atoms with Crippen molar-refractivity contribution < 1.29 is 33.3 Å². The van der Waals surface area contributed by atoms with Crippen LogP contribution in [-0.2, 0) is 4.79 Å². The van der Waals surface area contributed by atoms with Crippen LogP contribution in [0.3, 0.4) is 0 Å². The maximum absolute atomic E-state index is 13.1. The van der Waals surface area contributed by atoms with Crippen LogP contribution in [0.4, 0.5) is 0 Å². The molecule has 2 aromatic carbocycles. The first-order valence-electron chi connectivity index (χ1n) is 10.5. The Morgan fingerprint density at radius 1 is 1.03 bits per heavy atom. The van der Waals surface area contributed by atoms with Crippen LogP contribution in [0.5, 0.6) is 28.7 Å². The van der Waals surface area contributed by atoms with Crippen molar-refractivity contribution in [1.29, 1.82) is 0 Å². The molecule has 2 aromatic rings. The number of allylic oxidation sites excluding steroid dienone is 1. The predicted octanol–water partition coefficient (Wildman–Crippen LogP) is 4.77. The molecular weight excluding hydrogens is 412 g/mol. The van der Waals surface area contributed by atoms with Gasteiger partial charge in [-0.15, -0.1) is 0 Å². The number of ether oxygens (including phenoxy) is 5. The van der Waals surface area contributed by atoms with E-state index in [9.17, 15) is 9.59 Å². The molecule has 7 heteroatoms. The van der Waals surface area contributed by atoms with Crippen LogP contribution in [0, 0.1) is 5.92 Å². The van der Waals surface area contributed by atoms with Crippen LogP contribution in [0.15, 0.2) is 30.0 Å². The number of carbonyl (C=O) groups excluding carboxylic acids is 2. The zero-order chi connectivity index (χ0) is 23.0. The number of hydrogen-bond donors (Lipinski definition) is 0. The van der Waals surface area contributed by atoms with Gasteiger partial charge in [-0.1, -0.05) is 13.8 Å². The van der Waals surface area contributed by atoms with Gasteiger partial charge >= 0.3 is 5.97 Å². The van der Waals surface area contributed by atoms with Gasteiger partial charge in [0.1, 0.15) is 11.5 Å². The number of fused-ring (bicyclic) bond motifs is 3. The van der Waals surface area contributed by atoms with E-state index in [-0.39, 0.29) is 29.9 Å². The number of carbonyl (C=O) groups is 2. The SMILES string of the molecule is COc1cc(C=C2Oc3c(ccc4c3C(CC(C)C)CC(=O)O4)C2=O)cc(OC)c1OC. The molecule has 0 amide bonds. The fraction of sp³-hybridized carbons (Fsp3) is 0.360. The highest BCUT2D eigenvalue weighted by molar-refractivity contribution is 6.15. The molecule has 0 N–H and O–H groups in total. The first-order valence-corrected chi connectivity index (χ1v) is 10.5. The molecule has 7 nitrogen and oxygen atoms in total. The summed E-state index contributed by atoms with van der Waals surface area (Å²) in [6.45, 7) is 4.20. The van der Waals surface area contributed by atoms with Gasteiger partial charge in [0.25, 0.3) is 0 Å². The van der Waals surface area contributed by atoms with Crippen LogP contribution in [0.1, 0.15) is 54.1 Å². The second-order valence-corrected chi connectivity index (χ2v) is 8.26. The lowest BCUT2D eigenvalue weighted by atomic mass is 9.84. The molecular formula is C25H26O7. The fourth-order valence-corrected chi connectivity index (χ4v) is 4.30. The van der Waals surface area contributed by atoms with E-state index in [0.29, 0.717) is 45.8 Å². The maximum atomic E-state index is 13.1. The van der Waals surface area contributed by atoms with Crippen LogP contribution in [0.25, 0.3) is 6.08 Å². The normalized spacial score (nSPS) is 18.2. The largest absolute Gasteiger partial charge is 0.493 e. The van der Waals surface area contributed by atoms with Crippen LogP contribution >= 0.6 is 0 Å². The molecule has 0 bridgehead atoms. The van der Waals surface area contributed by atoms with E-state index in [1.54, 1.807) is 30.3 Å². The van der Waals surface area contributed by atoms with Crippen LogP contribution < -0.4 is 23.7 Å². The summed E-state index contributed by atoms with van der Waals surface area (Å²) < 4.78 is 27.7. The molecule has 1 unspecified atom stereocenters. The van der Waals surface area contributed by atoms with Crippen molar-refractivity contribution in [1.82, 2.24) is 0 Å². The summed E-state index contributed by atoms with van der Waals surface area (Å²) in [5.41, 5.74) is 1.92. The van der Waals surface area contributed by atoms with Crippen LogP contribution in [0.2, 0.25) is 0 Å². The molecule has 0 radical (unpaired) electrons. The predicted molar refractivity (Wildman–Crippen MR) is 118 cm³/mol. The Bertz CT molecular complexity index is 1090. The zero-order valence-electron chi connectivity index (χ0n) is 18.8. The van der Waals surface area contributed by atoms with Gasteiger partial charge in [-0.2, -0.15) is 0 Å². The van der Waals surface area contributed by atoms with E-state index in [2.05, 4.69) is 13.8 Å². The average molecular weight is 438 g/mol. The topological polar surface area (TPSA) is 80.3 Å².